The van der Waals surface area contributed by atoms with Crippen LogP contribution in [0.3, 0.4) is 0 Å². The average molecular weight is 997 g/mol. The molecule has 2 aliphatic carbocycles. The number of nitrogens with zero attached hydrogens (tertiary/aromatic N) is 4. The van der Waals surface area contributed by atoms with Crippen LogP contribution in [0.4, 0.5) is 16.2 Å². The van der Waals surface area contributed by atoms with Crippen molar-refractivity contribution in [2.24, 2.45) is 22.9 Å². The Bertz CT molecular complexity index is 2860. The van der Waals surface area contributed by atoms with Crippen LogP contribution in [0, 0.1) is 38.0 Å². The van der Waals surface area contributed by atoms with E-state index in [1.54, 1.807) is 42.5 Å². The maximum Gasteiger partial charge on any atom is 0.416 e. The Labute approximate surface area is 421 Å². The zero-order valence-electron chi connectivity index (χ0n) is 40.0. The summed E-state index contributed by atoms with van der Waals surface area (Å²) < 4.78 is 38.5. The molecule has 380 valence electrons. The van der Waals surface area contributed by atoms with Crippen molar-refractivity contribution in [1.82, 2.24) is 4.90 Å². The Kier molecular flexibility index (Phi) is 15.6. The van der Waals surface area contributed by atoms with Gasteiger partial charge < -0.3 is 43.5 Å². The number of aliphatic hydroxyl groups excluding tert-OH is 2. The highest BCUT2D eigenvalue weighted by Gasteiger charge is 2.66. The van der Waals surface area contributed by atoms with Crippen LogP contribution in [0.25, 0.3) is 0 Å². The molecule has 18 nitrogen and oxygen atoms in total. The fraction of sp³-hybridized carbons (Fsp3) is 0.345. The Balaban J connectivity index is 1.25. The van der Waals surface area contributed by atoms with Gasteiger partial charge in [-0.1, -0.05) is 72.6 Å². The summed E-state index contributed by atoms with van der Waals surface area (Å²) in [5.74, 6) is -0.905. The van der Waals surface area contributed by atoms with Crippen LogP contribution in [-0.2, 0) is 22.7 Å². The molecule has 0 radical (unpaired) electrons. The first-order valence-electron chi connectivity index (χ1n) is 24.4. The molecule has 0 spiro atoms. The van der Waals surface area contributed by atoms with Crippen molar-refractivity contribution in [1.29, 1.82) is 0 Å². The molecule has 0 unspecified atom stereocenters. The lowest BCUT2D eigenvalue weighted by Crippen LogP contribution is -2.70. The van der Waals surface area contributed by atoms with Crippen molar-refractivity contribution in [2.75, 3.05) is 26.6 Å². The summed E-state index contributed by atoms with van der Waals surface area (Å²) in [7, 11) is 0. The van der Waals surface area contributed by atoms with Gasteiger partial charge in [0.05, 0.1) is 34.1 Å². The zero-order chi connectivity index (χ0) is 50.9. The summed E-state index contributed by atoms with van der Waals surface area (Å²) >= 11 is 0. The Morgan fingerprint density at radius 2 is 1.52 bits per heavy atom. The quantitative estimate of drug-likeness (QED) is 0.0285. The molecule has 5 aromatic carbocycles. The molecule has 0 bridgehead atoms. The predicted molar refractivity (Wildman–Crippen MR) is 267 cm³/mol. The van der Waals surface area contributed by atoms with E-state index in [0.717, 1.165) is 16.7 Å². The number of unbranched alkanes of at least 4 members (excludes halogenated alkanes) is 2. The van der Waals surface area contributed by atoms with Crippen LogP contribution >= 0.6 is 0 Å². The molecular formula is C55H56N4O14. The second-order valence-corrected chi connectivity index (χ2v) is 18.3. The number of carbonyl (C=O) groups is 1. The summed E-state index contributed by atoms with van der Waals surface area (Å²) in [5, 5.41) is 48.4. The molecule has 6 atom stereocenters. The minimum absolute atomic E-state index is 0.00626. The molecule has 0 saturated heterocycles. The van der Waals surface area contributed by atoms with E-state index >= 15 is 4.79 Å². The largest absolute Gasteiger partial charge is 0.459 e. The zero-order valence-corrected chi connectivity index (χ0v) is 40.0. The van der Waals surface area contributed by atoms with E-state index in [1.165, 1.54) is 41.3 Å². The first kappa shape index (κ1) is 50.2. The van der Waals surface area contributed by atoms with E-state index in [4.69, 9.17) is 38.4 Å². The number of fused-ring (bicyclic) bond motifs is 3. The van der Waals surface area contributed by atoms with Crippen LogP contribution in [-0.4, -0.2) is 75.2 Å². The van der Waals surface area contributed by atoms with Gasteiger partial charge in [-0.3, -0.25) is 25.1 Å². The monoisotopic (exact) mass is 996 g/mol. The number of hydrogen-bond donors (Lipinski definition) is 2. The van der Waals surface area contributed by atoms with Crippen molar-refractivity contribution >= 4 is 23.2 Å². The smallest absolute Gasteiger partial charge is 0.416 e. The van der Waals surface area contributed by atoms with Crippen LogP contribution in [0.1, 0.15) is 67.6 Å². The minimum Gasteiger partial charge on any atom is -0.459 e. The number of rotatable bonds is 22. The lowest BCUT2D eigenvalue weighted by Gasteiger charge is -2.59. The molecule has 1 saturated carbocycles. The van der Waals surface area contributed by atoms with Crippen molar-refractivity contribution < 1.29 is 58.1 Å². The number of benzene rings is 5. The van der Waals surface area contributed by atoms with Gasteiger partial charge in [-0.15, -0.1) is 6.58 Å². The van der Waals surface area contributed by atoms with Gasteiger partial charge >= 0.3 is 6.09 Å². The molecule has 1 fully saturated rings. The number of ether oxygens (including phenoxy) is 6. The molecule has 5 aromatic rings. The summed E-state index contributed by atoms with van der Waals surface area (Å²) in [6.07, 6.45) is 6.93. The standard InChI is InChI=1S/C55H56N4O14/c1-2-27-69-55-51(57(33-37-17-23-49-50(28-37)68-35-67-49)54(62)72-41-20-18-39(19-21-41)58(63)64)32-47(56-70-34-36-11-4-3-5-12-36)45-29-38(13-6-8-25-60)44(16-7-9-26-61)52(53(45)55)46-31-43(22-24-48(46)73-55)71-42-15-10-14-40(30-42)59(65)66/h2-5,10-12,14-15,17-24,28-31,38,44,51-53,60-61H,1,6-9,13,16,25-27,32-35H2/t38-,44+,51-,52+,53+,55+/m0/s1. The van der Waals surface area contributed by atoms with Crippen LogP contribution in [0.15, 0.2) is 145 Å². The molecule has 18 heteroatoms. The summed E-state index contributed by atoms with van der Waals surface area (Å²) in [6, 6.07) is 30.5. The van der Waals surface area contributed by atoms with E-state index in [-0.39, 0.29) is 80.9 Å². The SMILES string of the molecule is C=CCO[C@@]12Oc3ccc(Oc4cccc([N+](=O)[O-])c4)cc3[C@H]3[C@H](CCCCO)[C@@H](CCCCO)C=C(C(=NOCc4ccccc4)C[C@@H]1N(Cc1ccc4c(c1)OCO4)C(=O)Oc1ccc([N+](=O)[O-])cc1)[C@H]32. The molecular weight excluding hydrogens is 941 g/mol. The maximum absolute atomic E-state index is 15.3. The van der Waals surface area contributed by atoms with Gasteiger partial charge in [0.15, 0.2) is 11.5 Å². The van der Waals surface area contributed by atoms with Crippen molar-refractivity contribution in [2.45, 2.75) is 75.8 Å². The van der Waals surface area contributed by atoms with E-state index in [1.807, 2.05) is 42.5 Å². The lowest BCUT2D eigenvalue weighted by molar-refractivity contribution is -0.385. The lowest BCUT2D eigenvalue weighted by atomic mass is 9.55. The number of nitro groups is 2. The fourth-order valence-electron chi connectivity index (χ4n) is 10.6. The summed E-state index contributed by atoms with van der Waals surface area (Å²) in [4.78, 5) is 45.4. The number of amides is 1. The highest BCUT2D eigenvalue weighted by atomic mass is 16.7. The van der Waals surface area contributed by atoms with Gasteiger partial charge in [0.25, 0.3) is 11.4 Å². The van der Waals surface area contributed by atoms with Crippen molar-refractivity contribution in [3.8, 4) is 34.5 Å². The second kappa shape index (κ2) is 22.7. The number of allylic oxidation sites excluding steroid dienone is 1. The van der Waals surface area contributed by atoms with Crippen molar-refractivity contribution in [3.05, 3.63) is 176 Å². The van der Waals surface area contributed by atoms with Gasteiger partial charge in [-0.25, -0.2) is 4.79 Å². The van der Waals surface area contributed by atoms with Gasteiger partial charge in [-0.2, -0.15) is 0 Å². The third-order valence-corrected chi connectivity index (χ3v) is 13.8. The van der Waals surface area contributed by atoms with Crippen molar-refractivity contribution in [3.63, 3.8) is 0 Å². The van der Waals surface area contributed by atoms with Crippen LogP contribution in [0.5, 0.6) is 34.5 Å². The van der Waals surface area contributed by atoms with Crippen LogP contribution in [0.2, 0.25) is 0 Å². The minimum atomic E-state index is -1.70. The van der Waals surface area contributed by atoms with Crippen LogP contribution < -0.4 is 23.7 Å². The van der Waals surface area contributed by atoms with E-state index < -0.39 is 39.6 Å². The van der Waals surface area contributed by atoms with E-state index in [0.29, 0.717) is 72.8 Å². The highest BCUT2D eigenvalue weighted by molar-refractivity contribution is 6.03. The van der Waals surface area contributed by atoms with Gasteiger partial charge in [0, 0.05) is 55.9 Å². The molecule has 1 amide bonds. The first-order valence-corrected chi connectivity index (χ1v) is 24.4. The normalized spacial score (nSPS) is 21.7. The summed E-state index contributed by atoms with van der Waals surface area (Å²) in [5.41, 5.74) is 3.29. The molecule has 73 heavy (non-hydrogen) atoms. The third kappa shape index (κ3) is 11.0. The number of carbonyl (C=O) groups excluding carboxylic acids is 1. The maximum atomic E-state index is 15.3. The Hall–Kier alpha value is -7.80. The highest BCUT2D eigenvalue weighted by Crippen LogP contribution is 2.62. The first-order chi connectivity index (χ1) is 35.6. The summed E-state index contributed by atoms with van der Waals surface area (Å²) in [6.45, 7) is 4.12. The van der Waals surface area contributed by atoms with E-state index in [9.17, 15) is 30.4 Å². The average Bonchev–Trinajstić information content (AvgIpc) is 3.88. The molecule has 0 aromatic heterocycles. The predicted octanol–water partition coefficient (Wildman–Crippen LogP) is 10.6. The van der Waals surface area contributed by atoms with Gasteiger partial charge in [-0.05, 0) is 103 Å². The topological polar surface area (TPSA) is 224 Å². The number of oxime groups is 1. The third-order valence-electron chi connectivity index (χ3n) is 13.8. The molecule has 2 heterocycles. The molecule has 2 aliphatic heterocycles. The number of hydrogen-bond acceptors (Lipinski definition) is 15. The molecule has 2 N–H and O–H groups in total. The van der Waals surface area contributed by atoms with Gasteiger partial charge in [0.2, 0.25) is 12.6 Å². The Morgan fingerprint density at radius 3 is 2.27 bits per heavy atom. The van der Waals surface area contributed by atoms with E-state index in [2.05, 4.69) is 12.7 Å². The number of aliphatic hydroxyl groups is 2. The molecule has 4 aliphatic rings. The number of non-ortho nitro benzene ring substituents is 2. The fourth-order valence-corrected chi connectivity index (χ4v) is 10.6. The van der Waals surface area contributed by atoms with Gasteiger partial charge in [0.1, 0.15) is 35.6 Å². The second-order valence-electron chi connectivity index (χ2n) is 18.3. The molecule has 9 rings (SSSR count). The Morgan fingerprint density at radius 1 is 0.795 bits per heavy atom. The number of nitro benzene ring substituents is 2.